The summed E-state index contributed by atoms with van der Waals surface area (Å²) in [6, 6.07) is 0. The molecule has 1 aromatic heterocycles. The second-order valence-corrected chi connectivity index (χ2v) is 6.62. The molecule has 1 fully saturated rings. The maximum atomic E-state index is 12.2. The van der Waals surface area contributed by atoms with E-state index in [2.05, 4.69) is 9.88 Å². The lowest BCUT2D eigenvalue weighted by Gasteiger charge is -2.33. The highest BCUT2D eigenvalue weighted by atomic mass is 16.5. The number of carbonyl (C=O) groups excluding carboxylic acids is 1. The van der Waals surface area contributed by atoms with Gasteiger partial charge in [-0.3, -0.25) is 9.69 Å². The Morgan fingerprint density at radius 2 is 2.20 bits per heavy atom. The van der Waals surface area contributed by atoms with Gasteiger partial charge in [0.1, 0.15) is 6.61 Å². The third-order valence-electron chi connectivity index (χ3n) is 4.83. The van der Waals surface area contributed by atoms with Crippen molar-refractivity contribution in [1.82, 2.24) is 19.4 Å². The van der Waals surface area contributed by atoms with Crippen LogP contribution in [0.4, 0.5) is 0 Å². The summed E-state index contributed by atoms with van der Waals surface area (Å²) >= 11 is 0. The molecule has 3 heterocycles. The predicted molar refractivity (Wildman–Crippen MR) is 91.3 cm³/mol. The molecule has 2 aliphatic heterocycles. The fourth-order valence-corrected chi connectivity index (χ4v) is 3.51. The van der Waals surface area contributed by atoms with E-state index in [1.165, 1.54) is 5.69 Å². The van der Waals surface area contributed by atoms with Gasteiger partial charge in [-0.15, -0.1) is 0 Å². The second kappa shape index (κ2) is 8.75. The number of hydrogen-bond acceptors (Lipinski definition) is 6. The number of methoxy groups -OCH3 is 1. The van der Waals surface area contributed by atoms with Crippen molar-refractivity contribution in [2.75, 3.05) is 66.3 Å². The molecule has 2 aliphatic rings. The Bertz CT molecular complexity index is 571. The molecular formula is C17H28N4O4. The molecule has 1 aromatic rings. The number of morpholine rings is 1. The minimum Gasteiger partial charge on any atom is -0.379 e. The lowest BCUT2D eigenvalue weighted by atomic mass is 9.99. The molecule has 8 nitrogen and oxygen atoms in total. The minimum absolute atomic E-state index is 0.00267. The largest absolute Gasteiger partial charge is 0.379 e. The van der Waals surface area contributed by atoms with Crippen LogP contribution in [0.2, 0.25) is 0 Å². The van der Waals surface area contributed by atoms with Crippen molar-refractivity contribution in [2.24, 2.45) is 7.05 Å². The van der Waals surface area contributed by atoms with E-state index in [0.717, 1.165) is 38.5 Å². The Morgan fingerprint density at radius 1 is 1.40 bits per heavy atom. The molecule has 1 unspecified atom stereocenters. The van der Waals surface area contributed by atoms with Crippen molar-refractivity contribution in [2.45, 2.75) is 12.5 Å². The number of ether oxygens (including phenoxy) is 3. The van der Waals surface area contributed by atoms with Crippen LogP contribution in [0.1, 0.15) is 17.3 Å². The number of fused-ring (bicyclic) bond motifs is 1. The number of aryl methyl sites for hydroxylation is 1. The van der Waals surface area contributed by atoms with E-state index >= 15 is 0 Å². The zero-order chi connectivity index (χ0) is 17.6. The number of nitrogens with zero attached hydrogens (tertiary/aromatic N) is 4. The highest BCUT2D eigenvalue weighted by Gasteiger charge is 2.31. The van der Waals surface area contributed by atoms with Gasteiger partial charge in [0.15, 0.2) is 0 Å². The number of hydrogen-bond donors (Lipinski definition) is 0. The van der Waals surface area contributed by atoms with Crippen LogP contribution in [0.5, 0.6) is 0 Å². The van der Waals surface area contributed by atoms with Crippen LogP contribution in [0, 0.1) is 0 Å². The van der Waals surface area contributed by atoms with Gasteiger partial charge in [0.2, 0.25) is 5.91 Å². The second-order valence-electron chi connectivity index (χ2n) is 6.62. The molecule has 0 aliphatic carbocycles. The van der Waals surface area contributed by atoms with E-state index in [0.29, 0.717) is 26.3 Å². The molecule has 0 N–H and O–H groups in total. The Hall–Kier alpha value is -1.48. The van der Waals surface area contributed by atoms with Gasteiger partial charge < -0.3 is 23.7 Å². The summed E-state index contributed by atoms with van der Waals surface area (Å²) in [7, 11) is 3.54. The smallest absolute Gasteiger partial charge is 0.248 e. The number of carbonyl (C=O) groups is 1. The van der Waals surface area contributed by atoms with Crippen LogP contribution in [-0.4, -0.2) is 91.6 Å². The third-order valence-corrected chi connectivity index (χ3v) is 4.83. The van der Waals surface area contributed by atoms with Gasteiger partial charge in [-0.2, -0.15) is 0 Å². The van der Waals surface area contributed by atoms with Crippen LogP contribution in [0.3, 0.4) is 0 Å². The maximum Gasteiger partial charge on any atom is 0.248 e. The van der Waals surface area contributed by atoms with E-state index < -0.39 is 0 Å². The van der Waals surface area contributed by atoms with Gasteiger partial charge in [-0.25, -0.2) is 4.98 Å². The van der Waals surface area contributed by atoms with Gasteiger partial charge in [-0.1, -0.05) is 0 Å². The molecule has 8 heteroatoms. The van der Waals surface area contributed by atoms with Crippen LogP contribution in [0.15, 0.2) is 6.33 Å². The zero-order valence-electron chi connectivity index (χ0n) is 15.1. The average Bonchev–Trinajstić information content (AvgIpc) is 3.01. The topological polar surface area (TPSA) is 69.1 Å². The fourth-order valence-electron chi connectivity index (χ4n) is 3.51. The normalized spacial score (nSPS) is 21.4. The van der Waals surface area contributed by atoms with Crippen molar-refractivity contribution in [3.63, 3.8) is 0 Å². The Morgan fingerprint density at radius 3 is 2.96 bits per heavy atom. The van der Waals surface area contributed by atoms with Gasteiger partial charge in [0.05, 0.1) is 45.0 Å². The standard InChI is InChI=1S/C17H28N4O4/c1-19-13-18-15-10-21(16(22)12-23-2)9-14(17(15)19)11-25-8-5-20-3-6-24-7-4-20/h13-14H,3-12H2,1-2H3. The van der Waals surface area contributed by atoms with E-state index in [4.69, 9.17) is 14.2 Å². The lowest BCUT2D eigenvalue weighted by Crippen LogP contribution is -2.42. The van der Waals surface area contributed by atoms with E-state index in [-0.39, 0.29) is 18.4 Å². The number of rotatable bonds is 7. The molecule has 140 valence electrons. The highest BCUT2D eigenvalue weighted by molar-refractivity contribution is 5.77. The number of aromatic nitrogens is 2. The predicted octanol–water partition coefficient (Wildman–Crippen LogP) is -0.159. The monoisotopic (exact) mass is 352 g/mol. The first kappa shape index (κ1) is 18.3. The Labute approximate surface area is 148 Å². The fraction of sp³-hybridized carbons (Fsp3) is 0.765. The maximum absolute atomic E-state index is 12.2. The average molecular weight is 352 g/mol. The molecule has 1 amide bonds. The summed E-state index contributed by atoms with van der Waals surface area (Å²) in [5.41, 5.74) is 2.13. The summed E-state index contributed by atoms with van der Waals surface area (Å²) in [6.45, 7) is 7.04. The van der Waals surface area contributed by atoms with Gasteiger partial charge in [0, 0.05) is 51.9 Å². The Balaban J connectivity index is 1.54. The first-order chi connectivity index (χ1) is 12.2. The van der Waals surface area contributed by atoms with E-state index in [9.17, 15) is 4.79 Å². The Kier molecular flexibility index (Phi) is 6.41. The molecule has 0 radical (unpaired) electrons. The molecule has 3 rings (SSSR count). The van der Waals surface area contributed by atoms with Crippen molar-refractivity contribution in [1.29, 1.82) is 0 Å². The lowest BCUT2D eigenvalue weighted by molar-refractivity contribution is -0.136. The molecule has 0 saturated carbocycles. The minimum atomic E-state index is -0.00267. The third kappa shape index (κ3) is 4.58. The number of imidazole rings is 1. The highest BCUT2D eigenvalue weighted by Crippen LogP contribution is 2.27. The van der Waals surface area contributed by atoms with Crippen LogP contribution in [-0.2, 0) is 32.6 Å². The van der Waals surface area contributed by atoms with E-state index in [1.54, 1.807) is 7.11 Å². The first-order valence-electron chi connectivity index (χ1n) is 8.83. The summed E-state index contributed by atoms with van der Waals surface area (Å²) in [4.78, 5) is 20.8. The molecule has 0 bridgehead atoms. The molecule has 25 heavy (non-hydrogen) atoms. The van der Waals surface area contributed by atoms with Crippen molar-refractivity contribution < 1.29 is 19.0 Å². The van der Waals surface area contributed by atoms with Gasteiger partial charge in [-0.05, 0) is 0 Å². The summed E-state index contributed by atoms with van der Waals surface area (Å²) in [5.74, 6) is 0.138. The SMILES string of the molecule is COCC(=O)N1Cc2ncn(C)c2C(COCCN2CCOCC2)C1. The molecule has 0 aromatic carbocycles. The van der Waals surface area contributed by atoms with Crippen molar-refractivity contribution >= 4 is 5.91 Å². The molecular weight excluding hydrogens is 324 g/mol. The van der Waals surface area contributed by atoms with Gasteiger partial charge in [0.25, 0.3) is 0 Å². The molecule has 0 spiro atoms. The van der Waals surface area contributed by atoms with Gasteiger partial charge >= 0.3 is 0 Å². The molecule has 1 saturated heterocycles. The van der Waals surface area contributed by atoms with Crippen LogP contribution in [0.25, 0.3) is 0 Å². The van der Waals surface area contributed by atoms with Crippen LogP contribution >= 0.6 is 0 Å². The zero-order valence-corrected chi connectivity index (χ0v) is 15.1. The summed E-state index contributed by atoms with van der Waals surface area (Å²) in [6.07, 6.45) is 1.82. The van der Waals surface area contributed by atoms with Crippen LogP contribution < -0.4 is 0 Å². The molecule has 1 atom stereocenters. The first-order valence-corrected chi connectivity index (χ1v) is 8.83. The van der Waals surface area contributed by atoms with E-state index in [1.807, 2.05) is 22.8 Å². The van der Waals surface area contributed by atoms with Crippen molar-refractivity contribution in [3.05, 3.63) is 17.7 Å². The quantitative estimate of drug-likeness (QED) is 0.635. The summed E-state index contributed by atoms with van der Waals surface area (Å²) in [5, 5.41) is 0. The summed E-state index contributed by atoms with van der Waals surface area (Å²) < 4.78 is 18.3. The van der Waals surface area contributed by atoms with Crippen molar-refractivity contribution in [3.8, 4) is 0 Å². The number of amides is 1.